The number of benzene rings is 1. The quantitative estimate of drug-likeness (QED) is 0.608. The van der Waals surface area contributed by atoms with Crippen molar-refractivity contribution in [3.05, 3.63) is 71.0 Å². The first-order valence-corrected chi connectivity index (χ1v) is 10.7. The lowest BCUT2D eigenvalue weighted by Gasteiger charge is -2.32. The van der Waals surface area contributed by atoms with Gasteiger partial charge in [-0.3, -0.25) is 9.59 Å². The Hall–Kier alpha value is -3.55. The summed E-state index contributed by atoms with van der Waals surface area (Å²) in [7, 11) is 0. The molecule has 1 aliphatic rings. The molecule has 4 rings (SSSR count). The van der Waals surface area contributed by atoms with Crippen molar-refractivity contribution in [1.29, 1.82) is 0 Å². The normalized spacial score (nSPS) is 14.4. The summed E-state index contributed by atoms with van der Waals surface area (Å²) < 4.78 is 15.9. The monoisotopic (exact) mass is 437 g/mol. The smallest absolute Gasteiger partial charge is 0.257 e. The van der Waals surface area contributed by atoms with Crippen LogP contribution in [0.4, 0.5) is 0 Å². The number of nitrogens with zero attached hydrogens (tertiary/aromatic N) is 2. The van der Waals surface area contributed by atoms with Crippen LogP contribution in [0.25, 0.3) is 0 Å². The molecule has 2 amide bonds. The first kappa shape index (κ1) is 21.7. The predicted molar refractivity (Wildman–Crippen MR) is 116 cm³/mol. The Morgan fingerprint density at radius 1 is 1.16 bits per heavy atom. The van der Waals surface area contributed by atoms with E-state index in [0.717, 1.165) is 41.2 Å². The number of ether oxygens (including phenoxy) is 1. The maximum absolute atomic E-state index is 12.5. The van der Waals surface area contributed by atoms with Gasteiger partial charge in [0.05, 0.1) is 29.5 Å². The molecule has 0 unspecified atom stereocenters. The fourth-order valence-electron chi connectivity index (χ4n) is 3.83. The third-order valence-electron chi connectivity index (χ3n) is 5.77. The number of hydrogen-bond donors (Lipinski definition) is 1. The zero-order valence-corrected chi connectivity index (χ0v) is 18.3. The Bertz CT molecular complexity index is 1030. The average molecular weight is 437 g/mol. The van der Waals surface area contributed by atoms with Crippen LogP contribution < -0.4 is 10.1 Å². The van der Waals surface area contributed by atoms with Crippen LogP contribution in [-0.2, 0) is 17.8 Å². The van der Waals surface area contributed by atoms with Gasteiger partial charge in [0.2, 0.25) is 5.91 Å². The first-order chi connectivity index (χ1) is 15.5. The molecule has 0 radical (unpaired) electrons. The molecule has 168 valence electrons. The number of aromatic nitrogens is 1. The zero-order valence-electron chi connectivity index (χ0n) is 18.3. The fourth-order valence-corrected chi connectivity index (χ4v) is 3.83. The Balaban J connectivity index is 1.21. The number of amides is 2. The zero-order chi connectivity index (χ0) is 22.5. The second-order valence-electron chi connectivity index (χ2n) is 8.06. The maximum atomic E-state index is 12.5. The highest BCUT2D eigenvalue weighted by Crippen LogP contribution is 2.19. The number of nitrogens with one attached hydrogen (secondary N) is 1. The van der Waals surface area contributed by atoms with Gasteiger partial charge < -0.3 is 23.9 Å². The molecular formula is C24H27N3O5. The van der Waals surface area contributed by atoms with Gasteiger partial charge in [0.1, 0.15) is 24.4 Å². The molecule has 2 aromatic heterocycles. The minimum Gasteiger partial charge on any atom is -0.489 e. The van der Waals surface area contributed by atoms with E-state index in [0.29, 0.717) is 31.7 Å². The predicted octanol–water partition coefficient (Wildman–Crippen LogP) is 3.43. The molecule has 8 nitrogen and oxygen atoms in total. The van der Waals surface area contributed by atoms with Gasteiger partial charge in [-0.25, -0.2) is 0 Å². The number of likely N-dealkylation sites (tertiary alicyclic amines) is 1. The molecular weight excluding hydrogens is 410 g/mol. The van der Waals surface area contributed by atoms with Crippen LogP contribution in [0.15, 0.2) is 51.8 Å². The molecule has 0 atom stereocenters. The summed E-state index contributed by atoms with van der Waals surface area (Å²) in [5.74, 6) is 1.44. The van der Waals surface area contributed by atoms with Crippen LogP contribution in [0.5, 0.6) is 5.75 Å². The van der Waals surface area contributed by atoms with Gasteiger partial charge in [-0.1, -0.05) is 17.3 Å². The van der Waals surface area contributed by atoms with E-state index in [2.05, 4.69) is 10.5 Å². The van der Waals surface area contributed by atoms with Crippen molar-refractivity contribution in [2.45, 2.75) is 45.8 Å². The molecule has 3 aromatic rings. The second kappa shape index (κ2) is 9.72. The van der Waals surface area contributed by atoms with E-state index >= 15 is 0 Å². The molecule has 32 heavy (non-hydrogen) atoms. The Morgan fingerprint density at radius 3 is 2.53 bits per heavy atom. The number of hydrogen-bond acceptors (Lipinski definition) is 6. The van der Waals surface area contributed by atoms with Crippen LogP contribution in [0.3, 0.4) is 0 Å². The molecule has 0 saturated carbocycles. The summed E-state index contributed by atoms with van der Waals surface area (Å²) in [4.78, 5) is 26.6. The summed E-state index contributed by atoms with van der Waals surface area (Å²) in [5, 5.41) is 7.01. The summed E-state index contributed by atoms with van der Waals surface area (Å²) in [6.45, 7) is 5.38. The largest absolute Gasteiger partial charge is 0.489 e. The maximum Gasteiger partial charge on any atom is 0.257 e. The van der Waals surface area contributed by atoms with E-state index in [1.807, 2.05) is 38.1 Å². The Morgan fingerprint density at radius 2 is 1.91 bits per heavy atom. The number of furan rings is 1. The molecule has 1 fully saturated rings. The highest BCUT2D eigenvalue weighted by atomic mass is 16.5. The van der Waals surface area contributed by atoms with Gasteiger partial charge in [0.25, 0.3) is 5.91 Å². The first-order valence-electron chi connectivity index (χ1n) is 10.7. The van der Waals surface area contributed by atoms with Crippen molar-refractivity contribution in [3.8, 4) is 5.75 Å². The van der Waals surface area contributed by atoms with Crippen molar-refractivity contribution >= 4 is 11.8 Å². The molecule has 1 aromatic carbocycles. The van der Waals surface area contributed by atoms with Gasteiger partial charge in [0.15, 0.2) is 0 Å². The minimum atomic E-state index is -0.0276. The number of rotatable bonds is 7. The topological polar surface area (TPSA) is 97.8 Å². The van der Waals surface area contributed by atoms with E-state index in [4.69, 9.17) is 13.7 Å². The molecule has 0 bridgehead atoms. The summed E-state index contributed by atoms with van der Waals surface area (Å²) in [6, 6.07) is 9.27. The van der Waals surface area contributed by atoms with Crippen LogP contribution in [0.1, 0.15) is 45.8 Å². The number of carbonyl (C=O) groups excluding carboxylic acids is 2. The standard InChI is InChI=1S/C24H27N3O5/c1-16-22(17(2)32-26-16)15-31-21-5-3-18(4-6-21)13-23(28)25-20-7-10-27(11-8-20)24(29)19-9-12-30-14-19/h3-6,9,12,14,20H,7-8,10-11,13,15H2,1-2H3,(H,25,28). The van der Waals surface area contributed by atoms with E-state index in [-0.39, 0.29) is 17.9 Å². The third-order valence-corrected chi connectivity index (χ3v) is 5.77. The molecule has 8 heteroatoms. The van der Waals surface area contributed by atoms with Gasteiger partial charge >= 0.3 is 0 Å². The van der Waals surface area contributed by atoms with Gasteiger partial charge in [0, 0.05) is 19.1 Å². The van der Waals surface area contributed by atoms with Crippen LogP contribution in [-0.4, -0.2) is 41.0 Å². The van der Waals surface area contributed by atoms with Gasteiger partial charge in [-0.05, 0) is 50.5 Å². The highest BCUT2D eigenvalue weighted by molar-refractivity contribution is 5.93. The van der Waals surface area contributed by atoms with Crippen molar-refractivity contribution in [1.82, 2.24) is 15.4 Å². The minimum absolute atomic E-state index is 0.0194. The fraction of sp³-hybridized carbons (Fsp3) is 0.375. The number of aryl methyl sites for hydroxylation is 2. The molecule has 0 aliphatic carbocycles. The van der Waals surface area contributed by atoms with Gasteiger partial charge in [-0.15, -0.1) is 0 Å². The van der Waals surface area contributed by atoms with E-state index in [9.17, 15) is 9.59 Å². The van der Waals surface area contributed by atoms with E-state index in [1.54, 1.807) is 11.0 Å². The lowest BCUT2D eigenvalue weighted by molar-refractivity contribution is -0.121. The lowest BCUT2D eigenvalue weighted by Crippen LogP contribution is -2.46. The third kappa shape index (κ3) is 5.19. The lowest BCUT2D eigenvalue weighted by atomic mass is 10.0. The molecule has 3 heterocycles. The van der Waals surface area contributed by atoms with Crippen molar-refractivity contribution in [2.75, 3.05) is 13.1 Å². The SMILES string of the molecule is Cc1noc(C)c1COc1ccc(CC(=O)NC2CCN(C(=O)c3ccoc3)CC2)cc1. The van der Waals surface area contributed by atoms with Gasteiger partial charge in [-0.2, -0.15) is 0 Å². The van der Waals surface area contributed by atoms with Crippen LogP contribution in [0, 0.1) is 13.8 Å². The second-order valence-corrected chi connectivity index (χ2v) is 8.06. The summed E-state index contributed by atoms with van der Waals surface area (Å²) >= 11 is 0. The molecule has 1 saturated heterocycles. The molecule has 1 N–H and O–H groups in total. The van der Waals surface area contributed by atoms with Crippen molar-refractivity contribution < 1.29 is 23.3 Å². The highest BCUT2D eigenvalue weighted by Gasteiger charge is 2.25. The Kier molecular flexibility index (Phi) is 6.58. The molecule has 0 spiro atoms. The van der Waals surface area contributed by atoms with E-state index < -0.39 is 0 Å². The Labute approximate surface area is 186 Å². The van der Waals surface area contributed by atoms with E-state index in [1.165, 1.54) is 12.5 Å². The van der Waals surface area contributed by atoms with Crippen molar-refractivity contribution in [2.24, 2.45) is 0 Å². The van der Waals surface area contributed by atoms with Crippen LogP contribution >= 0.6 is 0 Å². The number of piperidine rings is 1. The molecule has 1 aliphatic heterocycles. The van der Waals surface area contributed by atoms with Crippen LogP contribution in [0.2, 0.25) is 0 Å². The summed E-state index contributed by atoms with van der Waals surface area (Å²) in [5.41, 5.74) is 3.25. The average Bonchev–Trinajstić information content (AvgIpc) is 3.44. The number of carbonyl (C=O) groups is 2. The van der Waals surface area contributed by atoms with Crippen molar-refractivity contribution in [3.63, 3.8) is 0 Å². The summed E-state index contributed by atoms with van der Waals surface area (Å²) in [6.07, 6.45) is 4.74.